The summed E-state index contributed by atoms with van der Waals surface area (Å²) in [4.78, 5) is 42.2. The van der Waals surface area contributed by atoms with E-state index in [0.29, 0.717) is 19.4 Å². The van der Waals surface area contributed by atoms with Gasteiger partial charge in [-0.05, 0) is 75.3 Å². The Bertz CT molecular complexity index is 966. The number of Topliss-reactive ketones (excluding diaryl/α,β-unsaturated/α-hetero) is 1. The molecule has 3 saturated carbocycles. The third-order valence-electron chi connectivity index (χ3n) is 11.5. The number of hydrogen-bond acceptors (Lipinski definition) is 6. The van der Waals surface area contributed by atoms with Crippen molar-refractivity contribution in [3.05, 3.63) is 12.2 Å². The summed E-state index contributed by atoms with van der Waals surface area (Å²) in [5.74, 6) is -0.322. The van der Waals surface area contributed by atoms with Crippen LogP contribution in [0.5, 0.6) is 0 Å². The molecule has 7 heteroatoms. The second-order valence-corrected chi connectivity index (χ2v) is 13.7. The van der Waals surface area contributed by atoms with Gasteiger partial charge in [-0.3, -0.25) is 14.9 Å². The fourth-order valence-corrected chi connectivity index (χ4v) is 8.78. The van der Waals surface area contributed by atoms with E-state index in [1.165, 1.54) is 0 Å². The van der Waals surface area contributed by atoms with Crippen LogP contribution < -0.4 is 5.32 Å². The summed E-state index contributed by atoms with van der Waals surface area (Å²) >= 11 is 0. The van der Waals surface area contributed by atoms with Gasteiger partial charge in [-0.2, -0.15) is 0 Å². The topological polar surface area (TPSA) is 95.9 Å². The zero-order valence-electron chi connectivity index (χ0n) is 24.6. The first kappa shape index (κ1) is 29.3. The van der Waals surface area contributed by atoms with E-state index in [-0.39, 0.29) is 46.7 Å². The van der Waals surface area contributed by atoms with Gasteiger partial charge in [-0.25, -0.2) is 4.79 Å². The van der Waals surface area contributed by atoms with Crippen molar-refractivity contribution in [3.8, 4) is 0 Å². The average molecular weight is 531 g/mol. The van der Waals surface area contributed by atoms with E-state index in [4.69, 9.17) is 4.74 Å². The predicted octanol–water partition coefficient (Wildman–Crippen LogP) is 4.97. The van der Waals surface area contributed by atoms with E-state index in [9.17, 15) is 19.5 Å². The van der Waals surface area contributed by atoms with Crippen LogP contribution in [0.25, 0.3) is 0 Å². The zero-order chi connectivity index (χ0) is 28.0. The summed E-state index contributed by atoms with van der Waals surface area (Å²) in [6.45, 7) is 14.2. The number of carbonyl (C=O) groups is 3. The van der Waals surface area contributed by atoms with Gasteiger partial charge in [-0.15, -0.1) is 0 Å². The van der Waals surface area contributed by atoms with Crippen LogP contribution in [0.1, 0.15) is 86.5 Å². The van der Waals surface area contributed by atoms with Crippen LogP contribution in [0.3, 0.4) is 0 Å². The van der Waals surface area contributed by atoms with E-state index in [2.05, 4.69) is 63.9 Å². The summed E-state index contributed by atoms with van der Waals surface area (Å²) in [6, 6.07) is 0. The Labute approximate surface area is 229 Å². The second-order valence-electron chi connectivity index (χ2n) is 13.7. The van der Waals surface area contributed by atoms with Gasteiger partial charge in [0.1, 0.15) is 11.9 Å². The van der Waals surface area contributed by atoms with E-state index in [1.807, 2.05) is 7.05 Å². The van der Waals surface area contributed by atoms with Crippen LogP contribution in [0.15, 0.2) is 12.2 Å². The van der Waals surface area contributed by atoms with Crippen molar-refractivity contribution in [2.24, 2.45) is 45.8 Å². The Morgan fingerprint density at radius 1 is 1.18 bits per heavy atom. The van der Waals surface area contributed by atoms with E-state index < -0.39 is 29.1 Å². The number of ether oxygens (including phenoxy) is 1. The van der Waals surface area contributed by atoms with Crippen LogP contribution in [0.4, 0.5) is 4.79 Å². The number of aliphatic hydroxyl groups excluding tert-OH is 1. The number of alkyl carbamates (subject to hydrolysis) is 1. The van der Waals surface area contributed by atoms with Gasteiger partial charge in [0.2, 0.25) is 5.91 Å². The van der Waals surface area contributed by atoms with Crippen molar-refractivity contribution in [3.63, 3.8) is 0 Å². The molecule has 1 saturated heterocycles. The fraction of sp³-hybridized carbons (Fsp3) is 0.839. The number of carbonyl (C=O) groups excluding carboxylic acids is 3. The maximum Gasteiger partial charge on any atom is 0.414 e. The lowest BCUT2D eigenvalue weighted by Gasteiger charge is -2.61. The Morgan fingerprint density at radius 2 is 1.89 bits per heavy atom. The Kier molecular flexibility index (Phi) is 8.22. The number of hydrogen-bond donors (Lipinski definition) is 2. The third-order valence-corrected chi connectivity index (χ3v) is 11.5. The summed E-state index contributed by atoms with van der Waals surface area (Å²) in [7, 11) is 1.99. The minimum absolute atomic E-state index is 0.0570. The molecule has 4 rings (SSSR count). The van der Waals surface area contributed by atoms with Crippen LogP contribution in [0.2, 0.25) is 0 Å². The highest BCUT2D eigenvalue weighted by atomic mass is 16.6. The third kappa shape index (κ3) is 4.76. The summed E-state index contributed by atoms with van der Waals surface area (Å²) < 4.78 is 6.24. The highest BCUT2D eigenvalue weighted by Gasteiger charge is 2.68. The lowest BCUT2D eigenvalue weighted by atomic mass is 9.44. The maximum absolute atomic E-state index is 13.6. The molecule has 0 aromatic heterocycles. The number of amides is 2. The summed E-state index contributed by atoms with van der Waals surface area (Å²) in [5.41, 5.74) is -1.53. The molecule has 7 nitrogen and oxygen atoms in total. The maximum atomic E-state index is 13.6. The molecule has 1 heterocycles. The van der Waals surface area contributed by atoms with Crippen molar-refractivity contribution in [1.82, 2.24) is 10.2 Å². The lowest BCUT2D eigenvalue weighted by molar-refractivity contribution is -0.191. The quantitative estimate of drug-likeness (QED) is 0.498. The number of likely N-dealkylation sites (tertiary alicyclic amines) is 1. The normalized spacial score (nSPS) is 45.8. The SMILES string of the molecule is CC/C=C/[C@]1(C)C[C@@H](OC(=O)NC(=O)[C@H]2CN(C)CC[C@@H]2C)[C@@]2(C)C3C(=O)CCC3(CC[C@H]2C)[C@@H](C)[C@@H]1O. The second kappa shape index (κ2) is 10.7. The van der Waals surface area contributed by atoms with Gasteiger partial charge in [0, 0.05) is 29.7 Å². The number of imide groups is 1. The molecule has 2 N–H and O–H groups in total. The molecule has 4 fully saturated rings. The number of aliphatic hydroxyl groups is 1. The van der Waals surface area contributed by atoms with E-state index in [0.717, 1.165) is 38.6 Å². The summed E-state index contributed by atoms with van der Waals surface area (Å²) in [6.07, 6.45) is 7.40. The van der Waals surface area contributed by atoms with Gasteiger partial charge >= 0.3 is 6.09 Å². The molecule has 2 amide bonds. The Balaban J connectivity index is 1.69. The molecule has 2 bridgehead atoms. The number of piperidine rings is 1. The van der Waals surface area contributed by atoms with Gasteiger partial charge in [0.05, 0.1) is 12.0 Å². The predicted molar refractivity (Wildman–Crippen MR) is 147 cm³/mol. The molecule has 4 aliphatic rings. The minimum Gasteiger partial charge on any atom is -0.445 e. The molecule has 38 heavy (non-hydrogen) atoms. The highest BCUT2D eigenvalue weighted by molar-refractivity contribution is 5.93. The molecule has 0 spiro atoms. The first-order valence-corrected chi connectivity index (χ1v) is 14.9. The number of nitrogens with one attached hydrogen (secondary N) is 1. The molecule has 2 unspecified atom stereocenters. The fourth-order valence-electron chi connectivity index (χ4n) is 8.78. The van der Waals surface area contributed by atoms with E-state index in [1.54, 1.807) is 0 Å². The van der Waals surface area contributed by atoms with Crippen LogP contribution >= 0.6 is 0 Å². The average Bonchev–Trinajstić information content (AvgIpc) is 3.22. The van der Waals surface area contributed by atoms with Crippen molar-refractivity contribution in [2.75, 3.05) is 20.1 Å². The minimum atomic E-state index is -0.736. The standard InChI is InChI=1S/C31H50N2O5/c1-8-9-13-29(5)17-24(38-28(37)32-27(36)22-18-33(7)16-12-19(22)2)30(6)20(3)10-14-31(21(4)26(29)35)15-11-23(34)25(30)31/h9,13,19-22,24-26,35H,8,10-12,14-18H2,1-7H3,(H,32,36,37)/b13-9+/t19-,20+,21-,22-,24+,25?,26-,29+,30-,31?/m0/s1. The van der Waals surface area contributed by atoms with Crippen molar-refractivity contribution in [1.29, 1.82) is 0 Å². The van der Waals surface area contributed by atoms with Crippen LogP contribution in [0, 0.1) is 45.8 Å². The molecular weight excluding hydrogens is 480 g/mol. The summed E-state index contributed by atoms with van der Waals surface area (Å²) in [5, 5.41) is 14.4. The number of nitrogens with zero attached hydrogens (tertiary/aromatic N) is 1. The Hall–Kier alpha value is -1.73. The number of ketones is 1. The largest absolute Gasteiger partial charge is 0.445 e. The number of allylic oxidation sites excluding steroid dienone is 1. The molecule has 214 valence electrons. The van der Waals surface area contributed by atoms with E-state index >= 15 is 0 Å². The molecule has 10 atom stereocenters. The molecule has 0 aromatic carbocycles. The van der Waals surface area contributed by atoms with Gasteiger partial charge < -0.3 is 14.7 Å². The molecular formula is C31H50N2O5. The highest BCUT2D eigenvalue weighted by Crippen LogP contribution is 2.68. The van der Waals surface area contributed by atoms with Crippen LogP contribution in [-0.4, -0.2) is 60.1 Å². The first-order chi connectivity index (χ1) is 17.8. The Morgan fingerprint density at radius 3 is 2.58 bits per heavy atom. The lowest BCUT2D eigenvalue weighted by Crippen LogP contribution is -2.63. The monoisotopic (exact) mass is 530 g/mol. The van der Waals surface area contributed by atoms with Gasteiger partial charge in [-0.1, -0.05) is 53.7 Å². The van der Waals surface area contributed by atoms with Crippen LogP contribution in [-0.2, 0) is 14.3 Å². The van der Waals surface area contributed by atoms with Crippen molar-refractivity contribution in [2.45, 2.75) is 98.7 Å². The smallest absolute Gasteiger partial charge is 0.414 e. The van der Waals surface area contributed by atoms with Crippen molar-refractivity contribution < 1.29 is 24.2 Å². The first-order valence-electron chi connectivity index (χ1n) is 14.9. The number of rotatable bonds is 4. The molecule has 0 radical (unpaired) electrons. The van der Waals surface area contributed by atoms with Gasteiger partial charge in [0.25, 0.3) is 0 Å². The molecule has 1 aliphatic heterocycles. The van der Waals surface area contributed by atoms with Gasteiger partial charge in [0.15, 0.2) is 0 Å². The zero-order valence-corrected chi connectivity index (χ0v) is 24.6. The van der Waals surface area contributed by atoms with Crippen molar-refractivity contribution >= 4 is 17.8 Å². The molecule has 0 aromatic rings. The molecule has 3 aliphatic carbocycles.